The quantitative estimate of drug-likeness (QED) is 0.223. The standard InChI is InChI=1S/C25H34N2O4S2/c1-4-5-6-7-22(28)18-8-10-19(11-9-18)27-20(12-13-23(27)29)14-15-32-25-26-21(16-33-25)24(30)31-17(2)3/h8-11,16-17,20,22,28H,4-7,12-15H2,1-3H3/t20-,22?/m1/s1. The van der Waals surface area contributed by atoms with Crippen LogP contribution in [0.1, 0.15) is 87.9 Å². The molecule has 1 amide bonds. The van der Waals surface area contributed by atoms with E-state index in [1.165, 1.54) is 11.3 Å². The van der Waals surface area contributed by atoms with E-state index in [4.69, 9.17) is 4.74 Å². The Morgan fingerprint density at radius 1 is 1.30 bits per heavy atom. The summed E-state index contributed by atoms with van der Waals surface area (Å²) in [5.74, 6) is 0.572. The highest BCUT2D eigenvalue weighted by Crippen LogP contribution is 2.32. The van der Waals surface area contributed by atoms with E-state index < -0.39 is 6.10 Å². The molecule has 6 nitrogen and oxygen atoms in total. The smallest absolute Gasteiger partial charge is 0.358 e. The van der Waals surface area contributed by atoms with Crippen LogP contribution in [0.3, 0.4) is 0 Å². The van der Waals surface area contributed by atoms with Gasteiger partial charge in [-0.3, -0.25) is 4.79 Å². The predicted octanol–water partition coefficient (Wildman–Crippen LogP) is 6.00. The molecule has 1 aliphatic rings. The number of benzene rings is 1. The first-order valence-corrected chi connectivity index (χ1v) is 13.6. The molecule has 180 valence electrons. The molecule has 0 aliphatic carbocycles. The first-order valence-electron chi connectivity index (χ1n) is 11.8. The summed E-state index contributed by atoms with van der Waals surface area (Å²) in [5, 5.41) is 12.1. The Kier molecular flexibility index (Phi) is 9.77. The summed E-state index contributed by atoms with van der Waals surface area (Å²) in [5.41, 5.74) is 2.15. The van der Waals surface area contributed by atoms with Crippen LogP contribution in [0.25, 0.3) is 0 Å². The number of amides is 1. The van der Waals surface area contributed by atoms with Crippen LogP contribution in [-0.2, 0) is 9.53 Å². The summed E-state index contributed by atoms with van der Waals surface area (Å²) in [7, 11) is 0. The summed E-state index contributed by atoms with van der Waals surface area (Å²) < 4.78 is 6.03. The summed E-state index contributed by atoms with van der Waals surface area (Å²) >= 11 is 3.05. The van der Waals surface area contributed by atoms with Crippen molar-refractivity contribution in [3.8, 4) is 0 Å². The van der Waals surface area contributed by atoms with Crippen LogP contribution in [-0.4, -0.2) is 39.9 Å². The van der Waals surface area contributed by atoms with E-state index >= 15 is 0 Å². The number of hydrogen-bond acceptors (Lipinski definition) is 7. The van der Waals surface area contributed by atoms with Crippen molar-refractivity contribution in [2.75, 3.05) is 10.7 Å². The molecule has 1 N–H and O–H groups in total. The van der Waals surface area contributed by atoms with E-state index in [0.717, 1.165) is 59.9 Å². The molecule has 1 unspecified atom stereocenters. The molecule has 33 heavy (non-hydrogen) atoms. The second-order valence-corrected chi connectivity index (χ2v) is 10.8. The summed E-state index contributed by atoms with van der Waals surface area (Å²) in [6.07, 6.45) is 5.67. The number of ether oxygens (including phenoxy) is 1. The van der Waals surface area contributed by atoms with Crippen LogP contribution in [0.5, 0.6) is 0 Å². The molecule has 0 saturated carbocycles. The molecule has 2 atom stereocenters. The van der Waals surface area contributed by atoms with Crippen molar-refractivity contribution in [1.29, 1.82) is 0 Å². The van der Waals surface area contributed by atoms with Crippen molar-refractivity contribution in [3.63, 3.8) is 0 Å². The minimum Gasteiger partial charge on any atom is -0.458 e. The molecule has 1 saturated heterocycles. The number of hydrogen-bond donors (Lipinski definition) is 1. The molecular formula is C25H34N2O4S2. The number of aromatic nitrogens is 1. The molecule has 3 rings (SSSR count). The maximum Gasteiger partial charge on any atom is 0.358 e. The van der Waals surface area contributed by atoms with Crippen LogP contribution in [0.4, 0.5) is 5.69 Å². The summed E-state index contributed by atoms with van der Waals surface area (Å²) in [6.45, 7) is 5.79. The molecule has 0 radical (unpaired) electrons. The number of thioether (sulfide) groups is 1. The molecule has 1 aliphatic heterocycles. The van der Waals surface area contributed by atoms with E-state index in [2.05, 4.69) is 11.9 Å². The third-order valence-corrected chi connectivity index (χ3v) is 7.73. The Labute approximate surface area is 204 Å². The van der Waals surface area contributed by atoms with Crippen LogP contribution < -0.4 is 4.90 Å². The van der Waals surface area contributed by atoms with Crippen molar-refractivity contribution in [3.05, 3.63) is 40.9 Å². The van der Waals surface area contributed by atoms with Gasteiger partial charge in [0, 0.05) is 29.3 Å². The fourth-order valence-electron chi connectivity index (χ4n) is 3.96. The van der Waals surface area contributed by atoms with E-state index in [1.807, 2.05) is 43.0 Å². The lowest BCUT2D eigenvalue weighted by molar-refractivity contribution is -0.117. The van der Waals surface area contributed by atoms with Gasteiger partial charge >= 0.3 is 5.97 Å². The average molecular weight is 491 g/mol. The highest BCUT2D eigenvalue weighted by molar-refractivity contribution is 8.01. The number of thiazole rings is 1. The number of carbonyl (C=O) groups is 2. The van der Waals surface area contributed by atoms with Crippen molar-refractivity contribution in [1.82, 2.24) is 4.98 Å². The third kappa shape index (κ3) is 7.29. The molecule has 0 bridgehead atoms. The van der Waals surface area contributed by atoms with Crippen LogP contribution in [0.2, 0.25) is 0 Å². The van der Waals surface area contributed by atoms with Crippen molar-refractivity contribution in [2.24, 2.45) is 0 Å². The topological polar surface area (TPSA) is 79.7 Å². The van der Waals surface area contributed by atoms with Gasteiger partial charge < -0.3 is 14.7 Å². The van der Waals surface area contributed by atoms with Crippen LogP contribution >= 0.6 is 23.1 Å². The lowest BCUT2D eigenvalue weighted by atomic mass is 10.0. The molecule has 1 aromatic heterocycles. The second-order valence-electron chi connectivity index (χ2n) is 8.65. The van der Waals surface area contributed by atoms with Gasteiger partial charge in [0.05, 0.1) is 12.2 Å². The zero-order valence-corrected chi connectivity index (χ0v) is 21.3. The van der Waals surface area contributed by atoms with E-state index in [0.29, 0.717) is 12.1 Å². The lowest BCUT2D eigenvalue weighted by Gasteiger charge is -2.25. The van der Waals surface area contributed by atoms with Crippen molar-refractivity contribution >= 4 is 40.7 Å². The molecule has 2 aromatic rings. The van der Waals surface area contributed by atoms with E-state index in [1.54, 1.807) is 17.1 Å². The number of aliphatic hydroxyl groups excluding tert-OH is 1. The number of aliphatic hydroxyl groups is 1. The van der Waals surface area contributed by atoms with Gasteiger partial charge in [-0.15, -0.1) is 11.3 Å². The van der Waals surface area contributed by atoms with Gasteiger partial charge in [-0.1, -0.05) is 50.1 Å². The van der Waals surface area contributed by atoms with Gasteiger partial charge in [-0.2, -0.15) is 0 Å². The number of esters is 1. The highest BCUT2D eigenvalue weighted by atomic mass is 32.2. The number of rotatable bonds is 12. The number of nitrogens with zero attached hydrogens (tertiary/aromatic N) is 2. The van der Waals surface area contributed by atoms with Crippen LogP contribution in [0.15, 0.2) is 34.0 Å². The Morgan fingerprint density at radius 3 is 2.76 bits per heavy atom. The third-order valence-electron chi connectivity index (χ3n) is 5.67. The molecule has 8 heteroatoms. The second kappa shape index (κ2) is 12.5. The van der Waals surface area contributed by atoms with Gasteiger partial charge in [-0.05, 0) is 50.8 Å². The Bertz CT molecular complexity index is 913. The van der Waals surface area contributed by atoms with Gasteiger partial charge in [-0.25, -0.2) is 9.78 Å². The largest absolute Gasteiger partial charge is 0.458 e. The lowest BCUT2D eigenvalue weighted by Crippen LogP contribution is -2.33. The predicted molar refractivity (Wildman–Crippen MR) is 134 cm³/mol. The normalized spacial score (nSPS) is 17.1. The summed E-state index contributed by atoms with van der Waals surface area (Å²) in [6, 6.07) is 7.94. The van der Waals surface area contributed by atoms with Gasteiger partial charge in [0.25, 0.3) is 0 Å². The fourth-order valence-corrected chi connectivity index (χ4v) is 5.86. The zero-order chi connectivity index (χ0) is 23.8. The van der Waals surface area contributed by atoms with Gasteiger partial charge in [0.1, 0.15) is 0 Å². The monoisotopic (exact) mass is 490 g/mol. The SMILES string of the molecule is CCCCCC(O)c1ccc(N2C(=O)CC[C@@H]2CCSc2nc(C(=O)OC(C)C)cs2)cc1. The Balaban J connectivity index is 1.54. The molecule has 0 spiro atoms. The minimum absolute atomic E-state index is 0.147. The molecule has 2 heterocycles. The van der Waals surface area contributed by atoms with E-state index in [9.17, 15) is 14.7 Å². The summed E-state index contributed by atoms with van der Waals surface area (Å²) in [4.78, 5) is 30.8. The zero-order valence-electron chi connectivity index (χ0n) is 19.7. The van der Waals surface area contributed by atoms with Crippen LogP contribution in [0, 0.1) is 0 Å². The maximum atomic E-state index is 12.6. The Hall–Kier alpha value is -1.90. The Morgan fingerprint density at radius 2 is 2.06 bits per heavy atom. The van der Waals surface area contributed by atoms with Gasteiger partial charge in [0.2, 0.25) is 5.91 Å². The highest BCUT2D eigenvalue weighted by Gasteiger charge is 2.32. The first kappa shape index (κ1) is 25.7. The van der Waals surface area contributed by atoms with E-state index in [-0.39, 0.29) is 24.0 Å². The number of unbranched alkanes of at least 4 members (excludes halogenated alkanes) is 2. The fraction of sp³-hybridized carbons (Fsp3) is 0.560. The maximum absolute atomic E-state index is 12.6. The van der Waals surface area contributed by atoms with Gasteiger partial charge in [0.15, 0.2) is 10.0 Å². The minimum atomic E-state index is -0.451. The molecule has 1 fully saturated rings. The molecule has 1 aromatic carbocycles. The first-order chi connectivity index (χ1) is 15.9. The number of anilines is 1. The van der Waals surface area contributed by atoms with Crippen molar-refractivity contribution in [2.45, 2.75) is 88.3 Å². The van der Waals surface area contributed by atoms with Crippen molar-refractivity contribution < 1.29 is 19.4 Å². The average Bonchev–Trinajstić information content (AvgIpc) is 3.40. The molecular weight excluding hydrogens is 456 g/mol. The number of carbonyl (C=O) groups excluding carboxylic acids is 2.